The number of likely N-dealkylation sites (N-methyl/N-ethyl adjacent to an activating group) is 1. The van der Waals surface area contributed by atoms with Crippen LogP contribution in [0.4, 0.5) is 10.5 Å². The number of urea groups is 1. The number of carbonyl (C=O) groups excluding carboxylic acids is 1. The maximum atomic E-state index is 12.3. The summed E-state index contributed by atoms with van der Waals surface area (Å²) in [5, 5.41) is 2.95. The molecule has 106 valence electrons. The first-order chi connectivity index (χ1) is 9.70. The van der Waals surface area contributed by atoms with E-state index in [2.05, 4.69) is 23.7 Å². The highest BCUT2D eigenvalue weighted by Crippen LogP contribution is 2.31. The van der Waals surface area contributed by atoms with Crippen LogP contribution in [0.3, 0.4) is 0 Å². The molecular formula is C16H21N3O. The number of carbonyl (C=O) groups is 1. The van der Waals surface area contributed by atoms with Crippen LogP contribution in [0.15, 0.2) is 30.8 Å². The summed E-state index contributed by atoms with van der Waals surface area (Å²) in [7, 11) is 0. The SMILES string of the molecule is C=C1c2ccccc2NC(=O)N1C[C@H]1CCCN1CC. The molecule has 0 aliphatic carbocycles. The quantitative estimate of drug-likeness (QED) is 0.917. The molecule has 1 aromatic rings. The maximum Gasteiger partial charge on any atom is 0.326 e. The summed E-state index contributed by atoms with van der Waals surface area (Å²) in [6.07, 6.45) is 2.38. The second-order valence-electron chi connectivity index (χ2n) is 5.46. The predicted molar refractivity (Wildman–Crippen MR) is 81.5 cm³/mol. The third-order valence-electron chi connectivity index (χ3n) is 4.35. The second-order valence-corrected chi connectivity index (χ2v) is 5.46. The van der Waals surface area contributed by atoms with E-state index in [0.29, 0.717) is 6.04 Å². The molecule has 3 rings (SSSR count). The van der Waals surface area contributed by atoms with Crippen molar-refractivity contribution in [2.75, 3.05) is 25.0 Å². The molecule has 2 aliphatic heterocycles. The third kappa shape index (κ3) is 2.20. The summed E-state index contributed by atoms with van der Waals surface area (Å²) >= 11 is 0. The molecule has 0 bridgehead atoms. The van der Waals surface area contributed by atoms with Crippen molar-refractivity contribution in [2.45, 2.75) is 25.8 Å². The lowest BCUT2D eigenvalue weighted by Crippen LogP contribution is -2.45. The summed E-state index contributed by atoms with van der Waals surface area (Å²) in [5.74, 6) is 0. The van der Waals surface area contributed by atoms with Gasteiger partial charge in [0, 0.05) is 23.8 Å². The largest absolute Gasteiger partial charge is 0.326 e. The highest BCUT2D eigenvalue weighted by molar-refractivity contribution is 6.02. The number of nitrogens with zero attached hydrogens (tertiary/aromatic N) is 2. The predicted octanol–water partition coefficient (Wildman–Crippen LogP) is 2.99. The summed E-state index contributed by atoms with van der Waals surface area (Å²) in [4.78, 5) is 16.5. The van der Waals surface area contributed by atoms with E-state index in [1.165, 1.54) is 6.42 Å². The number of rotatable bonds is 3. The minimum Gasteiger partial charge on any atom is -0.307 e. The van der Waals surface area contributed by atoms with Crippen molar-refractivity contribution in [3.63, 3.8) is 0 Å². The molecule has 4 heteroatoms. The van der Waals surface area contributed by atoms with E-state index in [9.17, 15) is 4.79 Å². The molecule has 0 saturated carbocycles. The van der Waals surface area contributed by atoms with Crippen LogP contribution in [0.5, 0.6) is 0 Å². The van der Waals surface area contributed by atoms with Crippen LogP contribution in [-0.4, -0.2) is 41.5 Å². The second kappa shape index (κ2) is 5.29. The number of nitrogens with one attached hydrogen (secondary N) is 1. The van der Waals surface area contributed by atoms with Crippen molar-refractivity contribution in [1.29, 1.82) is 0 Å². The Hall–Kier alpha value is -1.81. The van der Waals surface area contributed by atoms with E-state index in [1.54, 1.807) is 4.90 Å². The zero-order chi connectivity index (χ0) is 14.1. The Morgan fingerprint density at radius 3 is 3.00 bits per heavy atom. The molecule has 20 heavy (non-hydrogen) atoms. The van der Waals surface area contributed by atoms with Gasteiger partial charge in [-0.3, -0.25) is 9.80 Å². The normalized spacial score (nSPS) is 22.9. The molecule has 4 nitrogen and oxygen atoms in total. The number of fused-ring (bicyclic) bond motifs is 1. The van der Waals surface area contributed by atoms with Crippen molar-refractivity contribution >= 4 is 17.4 Å². The Balaban J connectivity index is 1.81. The monoisotopic (exact) mass is 271 g/mol. The number of para-hydroxylation sites is 1. The lowest BCUT2D eigenvalue weighted by molar-refractivity contribution is 0.203. The summed E-state index contributed by atoms with van der Waals surface area (Å²) < 4.78 is 0. The van der Waals surface area contributed by atoms with Crippen LogP contribution in [0.2, 0.25) is 0 Å². The number of hydrogen-bond donors (Lipinski definition) is 1. The Labute approximate surface area is 120 Å². The fraction of sp³-hybridized carbons (Fsp3) is 0.438. The van der Waals surface area contributed by atoms with Gasteiger partial charge in [0.2, 0.25) is 0 Å². The number of anilines is 1. The van der Waals surface area contributed by atoms with Crippen molar-refractivity contribution in [3.05, 3.63) is 36.4 Å². The van der Waals surface area contributed by atoms with Gasteiger partial charge in [-0.1, -0.05) is 31.7 Å². The smallest absolute Gasteiger partial charge is 0.307 e. The van der Waals surface area contributed by atoms with Gasteiger partial charge in [-0.2, -0.15) is 0 Å². The van der Waals surface area contributed by atoms with Crippen LogP contribution < -0.4 is 5.32 Å². The van der Waals surface area contributed by atoms with Crippen LogP contribution in [0, 0.1) is 0 Å². The van der Waals surface area contributed by atoms with Crippen molar-refractivity contribution in [3.8, 4) is 0 Å². The topological polar surface area (TPSA) is 35.6 Å². The molecule has 1 saturated heterocycles. The third-order valence-corrected chi connectivity index (χ3v) is 4.35. The van der Waals surface area contributed by atoms with Gasteiger partial charge < -0.3 is 5.32 Å². The highest BCUT2D eigenvalue weighted by Gasteiger charge is 2.31. The molecule has 1 fully saturated rings. The Morgan fingerprint density at radius 1 is 1.40 bits per heavy atom. The Morgan fingerprint density at radius 2 is 2.20 bits per heavy atom. The molecule has 2 heterocycles. The van der Waals surface area contributed by atoms with E-state index in [-0.39, 0.29) is 6.03 Å². The Bertz CT molecular complexity index is 540. The standard InChI is InChI=1S/C16H21N3O/c1-3-18-10-6-7-13(18)11-19-12(2)14-8-4-5-9-15(14)17-16(19)20/h4-5,8-9,13H,2-3,6-7,10-11H2,1H3,(H,17,20)/t13-/m1/s1. The number of likely N-dealkylation sites (tertiary alicyclic amines) is 1. The molecular weight excluding hydrogens is 250 g/mol. The van der Waals surface area contributed by atoms with Crippen LogP contribution >= 0.6 is 0 Å². The molecule has 1 atom stereocenters. The van der Waals surface area contributed by atoms with Gasteiger partial charge in [-0.25, -0.2) is 4.79 Å². The molecule has 2 aliphatic rings. The molecule has 0 unspecified atom stereocenters. The van der Waals surface area contributed by atoms with E-state index >= 15 is 0 Å². The first kappa shape index (κ1) is 13.2. The highest BCUT2D eigenvalue weighted by atomic mass is 16.2. The fourth-order valence-electron chi connectivity index (χ4n) is 3.22. The van der Waals surface area contributed by atoms with Gasteiger partial charge in [0.05, 0.1) is 5.69 Å². The maximum absolute atomic E-state index is 12.3. The molecule has 0 spiro atoms. The van der Waals surface area contributed by atoms with Crippen molar-refractivity contribution in [2.24, 2.45) is 0 Å². The van der Waals surface area contributed by atoms with Gasteiger partial charge in [-0.15, -0.1) is 0 Å². The fourth-order valence-corrected chi connectivity index (χ4v) is 3.22. The number of hydrogen-bond acceptors (Lipinski definition) is 2. The van der Waals surface area contributed by atoms with Crippen molar-refractivity contribution in [1.82, 2.24) is 9.80 Å². The molecule has 0 radical (unpaired) electrons. The van der Waals surface area contributed by atoms with Gasteiger partial charge in [0.25, 0.3) is 0 Å². The minimum absolute atomic E-state index is 0.0587. The first-order valence-electron chi connectivity index (χ1n) is 7.31. The molecule has 0 aromatic heterocycles. The number of benzene rings is 1. The van der Waals surface area contributed by atoms with Gasteiger partial charge in [0.1, 0.15) is 0 Å². The van der Waals surface area contributed by atoms with E-state index in [0.717, 1.165) is 43.0 Å². The summed E-state index contributed by atoms with van der Waals surface area (Å²) in [6.45, 7) is 9.22. The first-order valence-corrected chi connectivity index (χ1v) is 7.31. The average molecular weight is 271 g/mol. The van der Waals surface area contributed by atoms with Gasteiger partial charge in [-0.05, 0) is 32.0 Å². The summed E-state index contributed by atoms with van der Waals surface area (Å²) in [6, 6.07) is 8.23. The van der Waals surface area contributed by atoms with Crippen LogP contribution in [0.1, 0.15) is 25.3 Å². The zero-order valence-electron chi connectivity index (χ0n) is 11.9. The molecule has 1 N–H and O–H groups in total. The average Bonchev–Trinajstić information content (AvgIpc) is 2.90. The Kier molecular flexibility index (Phi) is 3.49. The number of amides is 2. The van der Waals surface area contributed by atoms with Gasteiger partial charge in [0.15, 0.2) is 0 Å². The lowest BCUT2D eigenvalue weighted by atomic mass is 10.1. The van der Waals surface area contributed by atoms with Crippen LogP contribution in [0.25, 0.3) is 5.70 Å². The molecule has 1 aromatic carbocycles. The van der Waals surface area contributed by atoms with E-state index in [1.807, 2.05) is 24.3 Å². The zero-order valence-corrected chi connectivity index (χ0v) is 11.9. The lowest BCUT2D eigenvalue weighted by Gasteiger charge is -2.35. The summed E-state index contributed by atoms with van der Waals surface area (Å²) in [5.41, 5.74) is 2.69. The van der Waals surface area contributed by atoms with E-state index in [4.69, 9.17) is 0 Å². The molecule has 2 amide bonds. The van der Waals surface area contributed by atoms with Crippen LogP contribution in [-0.2, 0) is 0 Å². The minimum atomic E-state index is -0.0587. The van der Waals surface area contributed by atoms with E-state index < -0.39 is 0 Å². The van der Waals surface area contributed by atoms with Crippen molar-refractivity contribution < 1.29 is 4.79 Å². The van der Waals surface area contributed by atoms with Gasteiger partial charge >= 0.3 is 6.03 Å².